The van der Waals surface area contributed by atoms with E-state index in [4.69, 9.17) is 26.0 Å². The molecule has 0 saturated carbocycles. The van der Waals surface area contributed by atoms with Crippen LogP contribution < -0.4 is 11.5 Å². The molecule has 1 fully saturated rings. The van der Waals surface area contributed by atoms with Gasteiger partial charge in [0.15, 0.2) is 11.5 Å². The first-order chi connectivity index (χ1) is 15.4. The van der Waals surface area contributed by atoms with Crippen LogP contribution in [0.25, 0.3) is 5.65 Å². The van der Waals surface area contributed by atoms with Crippen molar-refractivity contribution in [3.8, 4) is 6.07 Å². The zero-order valence-electron chi connectivity index (χ0n) is 16.8. The highest BCUT2D eigenvalue weighted by Gasteiger charge is 2.64. The minimum Gasteiger partial charge on any atom is -0.388 e. The lowest BCUT2D eigenvalue weighted by atomic mass is 9.78. The van der Waals surface area contributed by atoms with Crippen LogP contribution in [-0.2, 0) is 37.2 Å². The minimum atomic E-state index is -5.76. The Morgan fingerprint density at radius 1 is 1.24 bits per heavy atom. The number of anilines is 1. The van der Waals surface area contributed by atoms with Gasteiger partial charge in [-0.15, -0.1) is 0 Å². The van der Waals surface area contributed by atoms with Gasteiger partial charge in [0.1, 0.15) is 30.3 Å². The number of nitriles is 1. The van der Waals surface area contributed by atoms with Gasteiger partial charge in [-0.2, -0.15) is 19.0 Å². The van der Waals surface area contributed by atoms with Gasteiger partial charge in [-0.05, 0) is 6.92 Å². The Labute approximate surface area is 189 Å². The lowest BCUT2D eigenvalue weighted by molar-refractivity contribution is -0.0551. The topological polar surface area (TPSA) is 308 Å². The van der Waals surface area contributed by atoms with Crippen LogP contribution in [0.5, 0.6) is 0 Å². The Bertz CT molecular complexity index is 1290. The number of imidazole rings is 1. The second kappa shape index (κ2) is 8.66. The number of phosphoric ester groups is 1. The number of phosphoric acid groups is 3. The van der Waals surface area contributed by atoms with Gasteiger partial charge in [-0.1, -0.05) is 0 Å². The normalized spacial score (nSPS) is 31.1. The summed E-state index contributed by atoms with van der Waals surface area (Å²) in [7, 11) is -16.9. The van der Waals surface area contributed by atoms with Crippen molar-refractivity contribution in [1.29, 1.82) is 5.26 Å². The number of nitrogens with two attached hydrogens (primary N) is 2. The molecule has 0 bridgehead atoms. The van der Waals surface area contributed by atoms with Gasteiger partial charge in [0, 0.05) is 0 Å². The average Bonchev–Trinajstić information content (AvgIpc) is 3.17. The standard InChI is InChI=1S/C12H18N7O12P3/c1-11(15)8(20)6(3-28-33(24,25)31-34(26,27)30-32(21,22)23)29-12(11,4-13)7-2-16-10-9(14)17-5-18-19(7)10/h2,5-6,8,20H,3,15H2,1H3,(H,24,25)(H,26,27)(H2,14,17,18)(H2,21,22,23)/t6-,8-,11-,12+/m1/s1. The number of aliphatic hydroxyl groups is 1. The summed E-state index contributed by atoms with van der Waals surface area (Å²) >= 11 is 0. The summed E-state index contributed by atoms with van der Waals surface area (Å²) in [6.07, 6.45) is -1.15. The molecule has 0 aromatic carbocycles. The maximum atomic E-state index is 12.0. The van der Waals surface area contributed by atoms with E-state index >= 15 is 0 Å². The number of hydrogen-bond donors (Lipinski definition) is 7. The number of nitrogens with zero attached hydrogens (tertiary/aromatic N) is 5. The van der Waals surface area contributed by atoms with Crippen molar-refractivity contribution in [3.63, 3.8) is 0 Å². The smallest absolute Gasteiger partial charge is 0.388 e. The highest BCUT2D eigenvalue weighted by atomic mass is 31.3. The molecule has 0 spiro atoms. The van der Waals surface area contributed by atoms with Crippen LogP contribution in [0, 0.1) is 11.3 Å². The van der Waals surface area contributed by atoms with Crippen LogP contribution in [0.3, 0.4) is 0 Å². The van der Waals surface area contributed by atoms with Gasteiger partial charge in [-0.3, -0.25) is 4.52 Å². The third kappa shape index (κ3) is 4.91. The van der Waals surface area contributed by atoms with Crippen molar-refractivity contribution in [2.75, 3.05) is 12.3 Å². The fourth-order valence-corrected chi connectivity index (χ4v) is 6.25. The first-order valence-electron chi connectivity index (χ1n) is 8.74. The molecule has 0 radical (unpaired) electrons. The van der Waals surface area contributed by atoms with Gasteiger partial charge in [-0.25, -0.2) is 28.2 Å². The molecule has 188 valence electrons. The van der Waals surface area contributed by atoms with Crippen LogP contribution in [0.2, 0.25) is 0 Å². The highest BCUT2D eigenvalue weighted by molar-refractivity contribution is 7.66. The van der Waals surface area contributed by atoms with Crippen molar-refractivity contribution in [2.24, 2.45) is 5.73 Å². The SMILES string of the molecule is C[C@@]1(N)[C@H](O)[C@@H](COP(=O)(O)OP(=O)(O)OP(=O)(O)O)O[C@@]1(C#N)c1cnc2c(N)ncnn12. The number of nitrogen functional groups attached to an aromatic ring is 1. The van der Waals surface area contributed by atoms with Crippen molar-refractivity contribution >= 4 is 34.9 Å². The monoisotopic (exact) mass is 545 g/mol. The van der Waals surface area contributed by atoms with Crippen LogP contribution in [0.15, 0.2) is 12.5 Å². The zero-order chi connectivity index (χ0) is 25.7. The maximum absolute atomic E-state index is 12.0. The summed E-state index contributed by atoms with van der Waals surface area (Å²) in [4.78, 5) is 43.7. The molecule has 34 heavy (non-hydrogen) atoms. The predicted octanol–water partition coefficient (Wildman–Crippen LogP) is -1.75. The summed E-state index contributed by atoms with van der Waals surface area (Å²) in [5.74, 6) is -0.0455. The molecule has 1 saturated heterocycles. The molecule has 19 nitrogen and oxygen atoms in total. The van der Waals surface area contributed by atoms with E-state index in [1.165, 1.54) is 6.92 Å². The Hall–Kier alpha value is -1.87. The third-order valence-corrected chi connectivity index (χ3v) is 8.52. The first-order valence-corrected chi connectivity index (χ1v) is 13.3. The largest absolute Gasteiger partial charge is 0.490 e. The molecule has 1 aliphatic heterocycles. The fourth-order valence-electron chi connectivity index (χ4n) is 3.22. The van der Waals surface area contributed by atoms with Crippen molar-refractivity contribution in [1.82, 2.24) is 19.6 Å². The average molecular weight is 545 g/mol. The molecule has 0 aliphatic carbocycles. The predicted molar refractivity (Wildman–Crippen MR) is 106 cm³/mol. The van der Waals surface area contributed by atoms with Gasteiger partial charge < -0.3 is 40.9 Å². The molecule has 1 aliphatic rings. The summed E-state index contributed by atoms with van der Waals surface area (Å²) in [6, 6.07) is 1.82. The molecule has 22 heteroatoms. The summed E-state index contributed by atoms with van der Waals surface area (Å²) in [5, 5.41) is 24.6. The molecule has 6 atom stereocenters. The van der Waals surface area contributed by atoms with Crippen LogP contribution >= 0.6 is 23.5 Å². The van der Waals surface area contributed by atoms with E-state index in [-0.39, 0.29) is 17.2 Å². The number of rotatable bonds is 8. The summed E-state index contributed by atoms with van der Waals surface area (Å²) in [5.41, 5.74) is 7.81. The second-order valence-corrected chi connectivity index (χ2v) is 11.5. The van der Waals surface area contributed by atoms with Crippen LogP contribution in [-0.4, -0.2) is 68.6 Å². The molecular weight excluding hydrogens is 527 g/mol. The maximum Gasteiger partial charge on any atom is 0.490 e. The molecule has 2 unspecified atom stereocenters. The molecular formula is C12H18N7O12P3. The molecule has 2 aromatic rings. The third-order valence-electron chi connectivity index (χ3n) is 4.72. The van der Waals surface area contributed by atoms with E-state index in [0.717, 1.165) is 17.0 Å². The molecule has 9 N–H and O–H groups in total. The molecule has 3 heterocycles. The molecule has 3 rings (SSSR count). The van der Waals surface area contributed by atoms with Gasteiger partial charge in [0.25, 0.3) is 0 Å². The van der Waals surface area contributed by atoms with Crippen molar-refractivity contribution in [2.45, 2.75) is 30.3 Å². The number of hydrogen-bond acceptors (Lipinski definition) is 14. The minimum absolute atomic E-state index is 0.0396. The van der Waals surface area contributed by atoms with E-state index < -0.39 is 53.4 Å². The highest BCUT2D eigenvalue weighted by Crippen LogP contribution is 2.66. The fraction of sp³-hybridized carbons (Fsp3) is 0.500. The van der Waals surface area contributed by atoms with Gasteiger partial charge in [0.2, 0.25) is 5.60 Å². The number of aromatic nitrogens is 4. The van der Waals surface area contributed by atoms with Crippen molar-refractivity contribution < 1.29 is 56.3 Å². The molecule has 2 aromatic heterocycles. The van der Waals surface area contributed by atoms with E-state index in [1.54, 1.807) is 0 Å². The zero-order valence-corrected chi connectivity index (χ0v) is 19.5. The molecule has 0 amide bonds. The van der Waals surface area contributed by atoms with Gasteiger partial charge in [0.05, 0.1) is 18.3 Å². The summed E-state index contributed by atoms with van der Waals surface area (Å²) < 4.78 is 52.5. The van der Waals surface area contributed by atoms with E-state index in [1.807, 2.05) is 6.07 Å². The Kier molecular flexibility index (Phi) is 6.81. The van der Waals surface area contributed by atoms with E-state index in [0.29, 0.717) is 0 Å². The number of ether oxygens (including phenoxy) is 1. The lowest BCUT2D eigenvalue weighted by Crippen LogP contribution is -2.59. The van der Waals surface area contributed by atoms with Crippen LogP contribution in [0.1, 0.15) is 12.6 Å². The van der Waals surface area contributed by atoms with Crippen molar-refractivity contribution in [3.05, 3.63) is 18.2 Å². The number of fused-ring (bicyclic) bond motifs is 1. The lowest BCUT2D eigenvalue weighted by Gasteiger charge is -2.33. The number of aliphatic hydroxyl groups excluding tert-OH is 1. The van der Waals surface area contributed by atoms with Gasteiger partial charge >= 0.3 is 23.5 Å². The first kappa shape index (κ1) is 26.7. The second-order valence-electron chi connectivity index (χ2n) is 7.09. The summed E-state index contributed by atoms with van der Waals surface area (Å²) in [6.45, 7) is 0.185. The Balaban J connectivity index is 1.86. The van der Waals surface area contributed by atoms with E-state index in [9.17, 15) is 33.9 Å². The Morgan fingerprint density at radius 2 is 1.88 bits per heavy atom. The van der Waals surface area contributed by atoms with Crippen LogP contribution in [0.4, 0.5) is 5.82 Å². The van der Waals surface area contributed by atoms with E-state index in [2.05, 4.69) is 28.2 Å². The Morgan fingerprint density at radius 3 is 2.47 bits per heavy atom. The quantitative estimate of drug-likeness (QED) is 0.181.